The van der Waals surface area contributed by atoms with Crippen LogP contribution >= 0.6 is 0 Å². The van der Waals surface area contributed by atoms with E-state index in [4.69, 9.17) is 28.4 Å². The SMILES string of the molecule is CC/C=C\C/C=C\C/C=C\C/C=C\C/C=C\C/C=C\CCCCCCC(=O)OC(COCCCCCCCCCC)COC1OC(COC2OC(CO)C(O)C(O)C2O)C(O)C(O)C1O. The van der Waals surface area contributed by atoms with Gasteiger partial charge in [-0.2, -0.15) is 0 Å². The average molecular weight is 923 g/mol. The zero-order valence-corrected chi connectivity index (χ0v) is 39.4. The van der Waals surface area contributed by atoms with E-state index in [9.17, 15) is 40.5 Å². The van der Waals surface area contributed by atoms with E-state index in [2.05, 4.69) is 86.8 Å². The van der Waals surface area contributed by atoms with Crippen molar-refractivity contribution in [2.75, 3.05) is 33.0 Å². The van der Waals surface area contributed by atoms with Crippen molar-refractivity contribution < 1.29 is 69.0 Å². The van der Waals surface area contributed by atoms with Crippen LogP contribution in [0.1, 0.15) is 142 Å². The molecule has 11 unspecified atom stereocenters. The molecule has 2 heterocycles. The molecule has 14 heteroatoms. The summed E-state index contributed by atoms with van der Waals surface area (Å²) in [6.07, 6.45) is 29.8. The Morgan fingerprint density at radius 2 is 1.00 bits per heavy atom. The summed E-state index contributed by atoms with van der Waals surface area (Å²) in [5.74, 6) is -0.405. The Hall–Kier alpha value is -2.57. The summed E-state index contributed by atoms with van der Waals surface area (Å²) in [6, 6.07) is 0. The third-order valence-corrected chi connectivity index (χ3v) is 11.2. The minimum atomic E-state index is -1.71. The first-order chi connectivity index (χ1) is 31.6. The third-order valence-electron chi connectivity index (χ3n) is 11.2. The number of esters is 1. The van der Waals surface area contributed by atoms with Crippen LogP contribution in [-0.4, -0.2) is 142 Å². The first-order valence-corrected chi connectivity index (χ1v) is 24.5. The standard InChI is InChI=1S/C51H86O14/c1-3-5-7-9-11-13-14-15-16-17-18-19-20-21-22-23-24-25-26-27-28-30-32-34-43(53)63-40(37-60-35-33-31-29-12-10-8-6-4-2)38-61-50-49(59)47(57)45(55)42(65-50)39-62-51-48(58)46(56)44(54)41(36-52)64-51/h5,7,11,13,15-16,18-19,21-22,24-25,40-42,44-52,54-59H,3-4,6,8-10,12,14,17,20,23,26-39H2,1-2H3/b7-5-,13-11-,16-15-,19-18-,22-21-,25-24-. The Bertz CT molecular complexity index is 1350. The second kappa shape index (κ2) is 38.4. The molecule has 0 aliphatic carbocycles. The van der Waals surface area contributed by atoms with E-state index in [1.54, 1.807) is 0 Å². The van der Waals surface area contributed by atoms with E-state index in [1.165, 1.54) is 32.1 Å². The first kappa shape index (κ1) is 58.6. The summed E-state index contributed by atoms with van der Waals surface area (Å²) in [5.41, 5.74) is 0. The molecule has 0 spiro atoms. The Balaban J connectivity index is 1.74. The van der Waals surface area contributed by atoms with Crippen LogP contribution in [0.25, 0.3) is 0 Å². The van der Waals surface area contributed by atoms with Crippen LogP contribution in [0, 0.1) is 0 Å². The lowest BCUT2D eigenvalue weighted by molar-refractivity contribution is -0.332. The first-order valence-electron chi connectivity index (χ1n) is 24.5. The quantitative estimate of drug-likeness (QED) is 0.0196. The number of ether oxygens (including phenoxy) is 6. The van der Waals surface area contributed by atoms with Crippen molar-refractivity contribution >= 4 is 5.97 Å². The maximum absolute atomic E-state index is 13.0. The minimum Gasteiger partial charge on any atom is -0.457 e. The summed E-state index contributed by atoms with van der Waals surface area (Å²) in [4.78, 5) is 13.0. The summed E-state index contributed by atoms with van der Waals surface area (Å²) >= 11 is 0. The molecule has 0 saturated carbocycles. The second-order valence-electron chi connectivity index (χ2n) is 16.9. The van der Waals surface area contributed by atoms with E-state index in [-0.39, 0.29) is 19.6 Å². The van der Waals surface area contributed by atoms with Crippen molar-refractivity contribution in [3.63, 3.8) is 0 Å². The highest BCUT2D eigenvalue weighted by Gasteiger charge is 2.47. The van der Waals surface area contributed by atoms with Gasteiger partial charge in [-0.15, -0.1) is 0 Å². The smallest absolute Gasteiger partial charge is 0.306 e. The molecule has 0 radical (unpaired) electrons. The van der Waals surface area contributed by atoms with Gasteiger partial charge < -0.3 is 64.2 Å². The van der Waals surface area contributed by atoms with Crippen LogP contribution in [0.4, 0.5) is 0 Å². The zero-order valence-electron chi connectivity index (χ0n) is 39.4. The highest BCUT2D eigenvalue weighted by atomic mass is 16.7. The van der Waals surface area contributed by atoms with Crippen molar-refractivity contribution in [1.82, 2.24) is 0 Å². The number of hydrogen-bond donors (Lipinski definition) is 7. The van der Waals surface area contributed by atoms with Gasteiger partial charge in [0.2, 0.25) is 0 Å². The van der Waals surface area contributed by atoms with Gasteiger partial charge >= 0.3 is 5.97 Å². The molecule has 2 saturated heterocycles. The maximum atomic E-state index is 13.0. The molecule has 2 rings (SSSR count). The van der Waals surface area contributed by atoms with Gasteiger partial charge in [-0.25, -0.2) is 0 Å². The molecule has 2 fully saturated rings. The van der Waals surface area contributed by atoms with E-state index in [0.29, 0.717) is 13.0 Å². The van der Waals surface area contributed by atoms with Gasteiger partial charge in [0.15, 0.2) is 12.6 Å². The van der Waals surface area contributed by atoms with E-state index >= 15 is 0 Å². The molecule has 7 N–H and O–H groups in total. The lowest BCUT2D eigenvalue weighted by Gasteiger charge is -2.42. The molecule has 11 atom stereocenters. The maximum Gasteiger partial charge on any atom is 0.306 e. The number of aliphatic hydroxyl groups is 7. The monoisotopic (exact) mass is 923 g/mol. The van der Waals surface area contributed by atoms with Gasteiger partial charge in [-0.05, 0) is 64.2 Å². The predicted molar refractivity (Wildman–Crippen MR) is 252 cm³/mol. The molecule has 65 heavy (non-hydrogen) atoms. The van der Waals surface area contributed by atoms with Crippen molar-refractivity contribution in [1.29, 1.82) is 0 Å². The summed E-state index contributed by atoms with van der Waals surface area (Å²) in [7, 11) is 0. The molecule has 0 aromatic rings. The number of carbonyl (C=O) groups is 1. The molecule has 374 valence electrons. The lowest BCUT2D eigenvalue weighted by Crippen LogP contribution is -2.61. The number of hydrogen-bond acceptors (Lipinski definition) is 14. The number of rotatable bonds is 37. The number of carbonyl (C=O) groups excluding carboxylic acids is 1. The van der Waals surface area contributed by atoms with Crippen LogP contribution in [-0.2, 0) is 33.2 Å². The lowest BCUT2D eigenvalue weighted by atomic mass is 9.98. The summed E-state index contributed by atoms with van der Waals surface area (Å²) < 4.78 is 34.1. The molecule has 14 nitrogen and oxygen atoms in total. The summed E-state index contributed by atoms with van der Waals surface area (Å²) in [5, 5.41) is 71.9. The van der Waals surface area contributed by atoms with Gasteiger partial charge in [-0.3, -0.25) is 4.79 Å². The second-order valence-corrected chi connectivity index (χ2v) is 16.9. The van der Waals surface area contributed by atoms with Crippen LogP contribution in [0.3, 0.4) is 0 Å². The van der Waals surface area contributed by atoms with Gasteiger partial charge in [0.25, 0.3) is 0 Å². The Labute approximate surface area is 389 Å². The number of unbranched alkanes of at least 4 members (excludes halogenated alkanes) is 11. The van der Waals surface area contributed by atoms with Crippen molar-refractivity contribution in [2.45, 2.75) is 210 Å². The summed E-state index contributed by atoms with van der Waals surface area (Å²) in [6.45, 7) is 3.48. The highest BCUT2D eigenvalue weighted by Crippen LogP contribution is 2.26. The highest BCUT2D eigenvalue weighted by molar-refractivity contribution is 5.69. The Kier molecular flexibility index (Phi) is 34.6. The molecular weight excluding hydrogens is 837 g/mol. The van der Waals surface area contributed by atoms with Crippen molar-refractivity contribution in [3.8, 4) is 0 Å². The van der Waals surface area contributed by atoms with Gasteiger partial charge in [0.1, 0.15) is 54.9 Å². The molecule has 2 aliphatic heterocycles. The average Bonchev–Trinajstić information content (AvgIpc) is 3.30. The third kappa shape index (κ3) is 26.5. The van der Waals surface area contributed by atoms with Crippen molar-refractivity contribution in [3.05, 3.63) is 72.9 Å². The fraction of sp³-hybridized carbons (Fsp3) is 0.745. The van der Waals surface area contributed by atoms with E-state index in [0.717, 1.165) is 83.5 Å². The molecule has 0 aromatic carbocycles. The molecular formula is C51H86O14. The minimum absolute atomic E-state index is 0.0475. The van der Waals surface area contributed by atoms with Crippen molar-refractivity contribution in [2.24, 2.45) is 0 Å². The Morgan fingerprint density at radius 3 is 1.57 bits per heavy atom. The molecule has 0 bridgehead atoms. The van der Waals surface area contributed by atoms with Crippen LogP contribution in [0.2, 0.25) is 0 Å². The number of aliphatic hydroxyl groups excluding tert-OH is 7. The van der Waals surface area contributed by atoms with Crippen LogP contribution in [0.15, 0.2) is 72.9 Å². The van der Waals surface area contributed by atoms with Crippen LogP contribution in [0.5, 0.6) is 0 Å². The van der Waals surface area contributed by atoms with E-state index < -0.39 is 86.7 Å². The normalized spacial score (nSPS) is 27.2. The fourth-order valence-electron chi connectivity index (χ4n) is 7.23. The molecule has 2 aliphatic rings. The topological polar surface area (TPSA) is 214 Å². The molecule has 0 aromatic heterocycles. The Morgan fingerprint density at radius 1 is 0.523 bits per heavy atom. The number of allylic oxidation sites excluding steroid dienone is 12. The predicted octanol–water partition coefficient (Wildman–Crippen LogP) is 6.73. The van der Waals surface area contributed by atoms with Gasteiger partial charge in [-0.1, -0.05) is 145 Å². The zero-order chi connectivity index (χ0) is 47.3. The van der Waals surface area contributed by atoms with E-state index in [1.807, 2.05) is 0 Å². The fourth-order valence-corrected chi connectivity index (χ4v) is 7.23. The van der Waals surface area contributed by atoms with Gasteiger partial charge in [0.05, 0.1) is 26.4 Å². The van der Waals surface area contributed by atoms with Gasteiger partial charge in [0, 0.05) is 13.0 Å². The van der Waals surface area contributed by atoms with Crippen LogP contribution < -0.4 is 0 Å². The molecule has 0 amide bonds. The largest absolute Gasteiger partial charge is 0.457 e.